The number of aryl methyl sites for hydroxylation is 1. The molecule has 1 heterocycles. The van der Waals surface area contributed by atoms with Crippen LogP contribution in [0.1, 0.15) is 42.4 Å². The Kier molecular flexibility index (Phi) is 6.90. The molecule has 1 amide bonds. The fraction of sp³-hybridized carbons (Fsp3) is 0.409. The number of alkyl carbamates (subject to hydrolysis) is 1. The second-order valence-electron chi connectivity index (χ2n) is 7.18. The van der Waals surface area contributed by atoms with Gasteiger partial charge in [-0.15, -0.1) is 0 Å². The van der Waals surface area contributed by atoms with Crippen LogP contribution in [0.5, 0.6) is 5.88 Å². The third-order valence-corrected chi connectivity index (χ3v) is 5.06. The zero-order valence-electron chi connectivity index (χ0n) is 16.8. The minimum absolute atomic E-state index is 0.0756. The molecule has 0 bridgehead atoms. The highest BCUT2D eigenvalue weighted by Crippen LogP contribution is 2.27. The quantitative estimate of drug-likeness (QED) is 0.771. The smallest absolute Gasteiger partial charge is 0.407 e. The highest BCUT2D eigenvalue weighted by Gasteiger charge is 2.25. The average Bonchev–Trinajstić information content (AvgIpc) is 2.75. The monoisotopic (exact) mass is 394 g/mol. The van der Waals surface area contributed by atoms with Crippen LogP contribution in [-0.2, 0) is 11.3 Å². The maximum absolute atomic E-state index is 12.0. The number of pyridine rings is 1. The number of hydrogen-bond acceptors (Lipinski definition) is 6. The van der Waals surface area contributed by atoms with E-state index in [9.17, 15) is 4.79 Å². The highest BCUT2D eigenvalue weighted by molar-refractivity contribution is 5.67. The lowest BCUT2D eigenvalue weighted by Gasteiger charge is -2.29. The standard InChI is InChI=1S/C22H26N4O3/c1-15-12-17(13-23)21(28-2)26-20(15)25-18-8-10-19(11-9-18)29-22(27)24-14-16-6-4-3-5-7-16/h3-7,12,18-19H,8-11,14H2,1-2H3,(H,24,27)(H,25,26). The number of aromatic nitrogens is 1. The fourth-order valence-corrected chi connectivity index (χ4v) is 3.46. The van der Waals surface area contributed by atoms with E-state index in [1.54, 1.807) is 6.07 Å². The molecule has 7 heteroatoms. The molecule has 0 saturated heterocycles. The Morgan fingerprint density at radius 2 is 1.97 bits per heavy atom. The van der Waals surface area contributed by atoms with Crippen LogP contribution < -0.4 is 15.4 Å². The van der Waals surface area contributed by atoms with Crippen molar-refractivity contribution in [1.29, 1.82) is 5.26 Å². The van der Waals surface area contributed by atoms with Crippen molar-refractivity contribution in [2.24, 2.45) is 0 Å². The van der Waals surface area contributed by atoms with Crippen LogP contribution >= 0.6 is 0 Å². The molecule has 1 aliphatic rings. The molecule has 2 aromatic rings. The minimum Gasteiger partial charge on any atom is -0.480 e. The van der Waals surface area contributed by atoms with Gasteiger partial charge in [0.15, 0.2) is 0 Å². The van der Waals surface area contributed by atoms with Gasteiger partial charge in [-0.2, -0.15) is 10.2 Å². The fourth-order valence-electron chi connectivity index (χ4n) is 3.46. The topological polar surface area (TPSA) is 96.3 Å². The first kappa shape index (κ1) is 20.5. The van der Waals surface area contributed by atoms with Crippen LogP contribution in [0, 0.1) is 18.3 Å². The maximum atomic E-state index is 12.0. The van der Waals surface area contributed by atoms with Crippen LogP contribution in [-0.4, -0.2) is 30.3 Å². The summed E-state index contributed by atoms with van der Waals surface area (Å²) in [6, 6.07) is 13.9. The number of benzene rings is 1. The Bertz CT molecular complexity index is 872. The summed E-state index contributed by atoms with van der Waals surface area (Å²) in [7, 11) is 1.51. The summed E-state index contributed by atoms with van der Waals surface area (Å²) >= 11 is 0. The molecule has 0 radical (unpaired) electrons. The van der Waals surface area contributed by atoms with Gasteiger partial charge >= 0.3 is 6.09 Å². The average molecular weight is 394 g/mol. The third-order valence-electron chi connectivity index (χ3n) is 5.06. The van der Waals surface area contributed by atoms with Gasteiger partial charge in [0.25, 0.3) is 0 Å². The number of anilines is 1. The predicted octanol–water partition coefficient (Wildman–Crippen LogP) is 3.92. The Labute approximate surface area is 171 Å². The zero-order valence-corrected chi connectivity index (χ0v) is 16.8. The molecule has 0 spiro atoms. The summed E-state index contributed by atoms with van der Waals surface area (Å²) in [6.07, 6.45) is 2.89. The second-order valence-corrected chi connectivity index (χ2v) is 7.18. The van der Waals surface area contributed by atoms with Crippen LogP contribution in [0.15, 0.2) is 36.4 Å². The van der Waals surface area contributed by atoms with E-state index < -0.39 is 0 Å². The summed E-state index contributed by atoms with van der Waals surface area (Å²) in [5.41, 5.74) is 2.37. The van der Waals surface area contributed by atoms with E-state index in [4.69, 9.17) is 14.7 Å². The predicted molar refractivity (Wildman–Crippen MR) is 110 cm³/mol. The lowest BCUT2D eigenvalue weighted by molar-refractivity contribution is 0.0728. The minimum atomic E-state index is -0.375. The first-order valence-electron chi connectivity index (χ1n) is 9.79. The van der Waals surface area contributed by atoms with Crippen molar-refractivity contribution in [3.63, 3.8) is 0 Å². The number of nitrogens with zero attached hydrogens (tertiary/aromatic N) is 2. The first-order chi connectivity index (χ1) is 14.1. The summed E-state index contributed by atoms with van der Waals surface area (Å²) in [5, 5.41) is 15.4. The molecule has 2 N–H and O–H groups in total. The number of methoxy groups -OCH3 is 1. The van der Waals surface area contributed by atoms with E-state index in [0.29, 0.717) is 18.0 Å². The Hall–Kier alpha value is -3.27. The van der Waals surface area contributed by atoms with Crippen LogP contribution in [0.3, 0.4) is 0 Å². The molecule has 3 rings (SSSR count). The van der Waals surface area contributed by atoms with Gasteiger partial charge in [-0.3, -0.25) is 0 Å². The van der Waals surface area contributed by atoms with Gasteiger partial charge in [-0.25, -0.2) is 4.79 Å². The van der Waals surface area contributed by atoms with Crippen molar-refractivity contribution in [1.82, 2.24) is 10.3 Å². The van der Waals surface area contributed by atoms with Crippen molar-refractivity contribution >= 4 is 11.9 Å². The summed E-state index contributed by atoms with van der Waals surface area (Å²) < 4.78 is 10.8. The van der Waals surface area contributed by atoms with Crippen molar-refractivity contribution in [2.75, 3.05) is 12.4 Å². The van der Waals surface area contributed by atoms with Gasteiger partial charge in [0.2, 0.25) is 5.88 Å². The maximum Gasteiger partial charge on any atom is 0.407 e. The summed E-state index contributed by atoms with van der Waals surface area (Å²) in [5.74, 6) is 1.05. The molecule has 7 nitrogen and oxygen atoms in total. The normalized spacial score (nSPS) is 18.4. The number of rotatable bonds is 6. The molecule has 0 atom stereocenters. The van der Waals surface area contributed by atoms with Crippen LogP contribution in [0.25, 0.3) is 0 Å². The summed E-state index contributed by atoms with van der Waals surface area (Å²) in [6.45, 7) is 2.38. The molecule has 0 unspecified atom stereocenters. The molecule has 1 aromatic heterocycles. The highest BCUT2D eigenvalue weighted by atomic mass is 16.6. The van der Waals surface area contributed by atoms with E-state index in [0.717, 1.165) is 42.6 Å². The molecule has 29 heavy (non-hydrogen) atoms. The molecule has 1 aromatic carbocycles. The number of nitriles is 1. The van der Waals surface area contributed by atoms with E-state index in [2.05, 4.69) is 21.7 Å². The Balaban J connectivity index is 1.46. The van der Waals surface area contributed by atoms with Gasteiger partial charge in [0.05, 0.1) is 7.11 Å². The van der Waals surface area contributed by atoms with Crippen molar-refractivity contribution in [3.8, 4) is 11.9 Å². The second kappa shape index (κ2) is 9.78. The molecule has 1 fully saturated rings. The number of carbonyl (C=O) groups is 1. The van der Waals surface area contributed by atoms with E-state index in [-0.39, 0.29) is 18.2 Å². The molecule has 1 saturated carbocycles. The molecule has 0 aliphatic heterocycles. The Morgan fingerprint density at radius 1 is 1.24 bits per heavy atom. The van der Waals surface area contributed by atoms with E-state index >= 15 is 0 Å². The number of nitrogens with one attached hydrogen (secondary N) is 2. The van der Waals surface area contributed by atoms with Crippen molar-refractivity contribution in [2.45, 2.75) is 51.3 Å². The van der Waals surface area contributed by atoms with Gasteiger partial charge in [0.1, 0.15) is 23.6 Å². The van der Waals surface area contributed by atoms with Gasteiger partial charge in [-0.05, 0) is 49.8 Å². The number of carbonyl (C=O) groups excluding carboxylic acids is 1. The van der Waals surface area contributed by atoms with Crippen LogP contribution in [0.4, 0.5) is 10.6 Å². The number of ether oxygens (including phenoxy) is 2. The van der Waals surface area contributed by atoms with Crippen molar-refractivity contribution < 1.29 is 14.3 Å². The summed E-state index contributed by atoms with van der Waals surface area (Å²) in [4.78, 5) is 16.5. The van der Waals surface area contributed by atoms with Gasteiger partial charge in [0, 0.05) is 12.6 Å². The lowest BCUT2D eigenvalue weighted by atomic mass is 9.93. The van der Waals surface area contributed by atoms with Crippen LogP contribution in [0.2, 0.25) is 0 Å². The van der Waals surface area contributed by atoms with E-state index in [1.165, 1.54) is 7.11 Å². The molecular weight excluding hydrogens is 368 g/mol. The SMILES string of the molecule is COc1nc(NC2CCC(OC(=O)NCc3ccccc3)CC2)c(C)cc1C#N. The number of amides is 1. The zero-order chi connectivity index (χ0) is 20.6. The van der Waals surface area contributed by atoms with Gasteiger partial charge in [-0.1, -0.05) is 30.3 Å². The van der Waals surface area contributed by atoms with Crippen molar-refractivity contribution in [3.05, 3.63) is 53.1 Å². The largest absolute Gasteiger partial charge is 0.480 e. The lowest BCUT2D eigenvalue weighted by Crippen LogP contribution is -2.34. The van der Waals surface area contributed by atoms with Gasteiger partial charge < -0.3 is 20.1 Å². The molecular formula is C22H26N4O3. The Morgan fingerprint density at radius 3 is 2.62 bits per heavy atom. The molecule has 152 valence electrons. The number of hydrogen-bond donors (Lipinski definition) is 2. The third kappa shape index (κ3) is 5.61. The first-order valence-corrected chi connectivity index (χ1v) is 9.79. The molecule has 1 aliphatic carbocycles. The van der Waals surface area contributed by atoms with E-state index in [1.807, 2.05) is 37.3 Å².